The van der Waals surface area contributed by atoms with E-state index in [4.69, 9.17) is 9.72 Å². The van der Waals surface area contributed by atoms with Gasteiger partial charge in [0.1, 0.15) is 6.61 Å². The molecule has 0 aliphatic rings. The van der Waals surface area contributed by atoms with Crippen LogP contribution in [0.1, 0.15) is 34.1 Å². The Kier molecular flexibility index (Phi) is 8.05. The van der Waals surface area contributed by atoms with Crippen LogP contribution in [-0.2, 0) is 19.7 Å². The summed E-state index contributed by atoms with van der Waals surface area (Å²) in [5.74, 6) is 0.203. The molecule has 4 aromatic rings. The van der Waals surface area contributed by atoms with Gasteiger partial charge in [0.15, 0.2) is 11.5 Å². The molecule has 0 atom stereocenters. The summed E-state index contributed by atoms with van der Waals surface area (Å²) in [7, 11) is 3.59. The predicted octanol–water partition coefficient (Wildman–Crippen LogP) is 3.49. The monoisotopic (exact) mass is 503 g/mol. The summed E-state index contributed by atoms with van der Waals surface area (Å²) in [6.45, 7) is 6.13. The average molecular weight is 504 g/mol. The second kappa shape index (κ2) is 11.4. The number of pyridine rings is 1. The Morgan fingerprint density at radius 2 is 2.00 bits per heavy atom. The number of ether oxygens (including phenoxy) is 1. The van der Waals surface area contributed by atoms with E-state index < -0.39 is 0 Å². The SMILES string of the molecule is CCn1ncc(CN(C)C(=O)c2cc(-c3ccc(OCCNC)c(O)c3)nc3ccc(CO)cc23)c1C. The van der Waals surface area contributed by atoms with Crippen LogP contribution in [-0.4, -0.2) is 63.0 Å². The zero-order valence-corrected chi connectivity index (χ0v) is 21.7. The van der Waals surface area contributed by atoms with Crippen molar-refractivity contribution in [2.75, 3.05) is 27.2 Å². The molecule has 2 aromatic carbocycles. The third-order valence-corrected chi connectivity index (χ3v) is 6.41. The van der Waals surface area contributed by atoms with E-state index >= 15 is 0 Å². The van der Waals surface area contributed by atoms with Gasteiger partial charge in [0.25, 0.3) is 5.91 Å². The standard InChI is InChI=1S/C28H33N5O4/c1-5-33-18(2)21(15-30-33)16-32(4)28(36)23-14-25(31-24-8-6-19(17-34)12-22(23)24)20-7-9-27(26(35)13-20)37-11-10-29-3/h6-9,12-15,29,34-35H,5,10-11,16-17H2,1-4H3. The minimum absolute atomic E-state index is 0.000431. The maximum Gasteiger partial charge on any atom is 0.254 e. The van der Waals surface area contributed by atoms with Crippen LogP contribution in [0, 0.1) is 6.92 Å². The number of hydrogen-bond acceptors (Lipinski definition) is 7. The summed E-state index contributed by atoms with van der Waals surface area (Å²) in [5.41, 5.74) is 4.99. The number of aromatic nitrogens is 3. The molecule has 0 fully saturated rings. The van der Waals surface area contributed by atoms with Crippen molar-refractivity contribution >= 4 is 16.8 Å². The van der Waals surface area contributed by atoms with Gasteiger partial charge in [-0.2, -0.15) is 5.10 Å². The molecule has 3 N–H and O–H groups in total. The fourth-order valence-corrected chi connectivity index (χ4v) is 4.25. The number of aryl methyl sites for hydroxylation is 1. The Hall–Kier alpha value is -3.95. The van der Waals surface area contributed by atoms with Gasteiger partial charge in [-0.05, 0) is 62.9 Å². The van der Waals surface area contributed by atoms with Crippen LogP contribution in [0.15, 0.2) is 48.7 Å². The zero-order valence-electron chi connectivity index (χ0n) is 21.7. The molecular weight excluding hydrogens is 470 g/mol. The van der Waals surface area contributed by atoms with Crippen molar-refractivity contribution in [2.24, 2.45) is 0 Å². The molecule has 2 aromatic heterocycles. The molecule has 9 nitrogen and oxygen atoms in total. The van der Waals surface area contributed by atoms with E-state index in [1.165, 1.54) is 0 Å². The Morgan fingerprint density at radius 1 is 1.19 bits per heavy atom. The summed E-state index contributed by atoms with van der Waals surface area (Å²) in [4.78, 5) is 20.1. The lowest BCUT2D eigenvalue weighted by molar-refractivity contribution is 0.0786. The molecule has 1 amide bonds. The molecule has 0 unspecified atom stereocenters. The number of likely N-dealkylation sites (N-methyl/N-ethyl adjacent to an activating group) is 1. The van der Waals surface area contributed by atoms with Crippen molar-refractivity contribution in [2.45, 2.75) is 33.5 Å². The number of rotatable bonds is 10. The topological polar surface area (TPSA) is 113 Å². The summed E-state index contributed by atoms with van der Waals surface area (Å²) >= 11 is 0. The maximum absolute atomic E-state index is 13.7. The zero-order chi connectivity index (χ0) is 26.5. The molecule has 0 aliphatic carbocycles. The largest absolute Gasteiger partial charge is 0.504 e. The minimum atomic E-state index is -0.177. The lowest BCUT2D eigenvalue weighted by Crippen LogP contribution is -2.27. The van der Waals surface area contributed by atoms with Crippen molar-refractivity contribution in [1.29, 1.82) is 0 Å². The number of amides is 1. The molecule has 194 valence electrons. The van der Waals surface area contributed by atoms with Crippen LogP contribution in [0.25, 0.3) is 22.2 Å². The Balaban J connectivity index is 1.72. The van der Waals surface area contributed by atoms with E-state index in [0.29, 0.717) is 58.7 Å². The van der Waals surface area contributed by atoms with Crippen molar-refractivity contribution < 1.29 is 19.7 Å². The van der Waals surface area contributed by atoms with E-state index in [-0.39, 0.29) is 18.3 Å². The molecular formula is C28H33N5O4. The van der Waals surface area contributed by atoms with Crippen LogP contribution in [0.2, 0.25) is 0 Å². The number of fused-ring (bicyclic) bond motifs is 1. The highest BCUT2D eigenvalue weighted by Gasteiger charge is 2.20. The van der Waals surface area contributed by atoms with Gasteiger partial charge in [0.2, 0.25) is 0 Å². The number of carbonyl (C=O) groups is 1. The van der Waals surface area contributed by atoms with Crippen molar-refractivity contribution in [3.05, 3.63) is 71.0 Å². The number of carbonyl (C=O) groups excluding carboxylic acids is 1. The summed E-state index contributed by atoms with van der Waals surface area (Å²) in [5, 5.41) is 28.3. The number of benzene rings is 2. The van der Waals surface area contributed by atoms with Crippen LogP contribution >= 0.6 is 0 Å². The third-order valence-electron chi connectivity index (χ3n) is 6.41. The number of phenolic OH excluding ortho intramolecular Hbond substituents is 1. The molecule has 0 spiro atoms. The molecule has 0 saturated heterocycles. The van der Waals surface area contributed by atoms with Gasteiger partial charge in [-0.3, -0.25) is 9.48 Å². The molecule has 0 saturated carbocycles. The van der Waals surface area contributed by atoms with Crippen LogP contribution < -0.4 is 10.1 Å². The summed E-state index contributed by atoms with van der Waals surface area (Å²) in [6, 6.07) is 12.2. The third kappa shape index (κ3) is 5.58. The first kappa shape index (κ1) is 26.1. The fourth-order valence-electron chi connectivity index (χ4n) is 4.25. The smallest absolute Gasteiger partial charge is 0.254 e. The van der Waals surface area contributed by atoms with Crippen LogP contribution in [0.3, 0.4) is 0 Å². The Bertz CT molecular complexity index is 1420. The lowest BCUT2D eigenvalue weighted by Gasteiger charge is -2.19. The fraction of sp³-hybridized carbons (Fsp3) is 0.321. The van der Waals surface area contributed by atoms with Crippen LogP contribution in [0.4, 0.5) is 0 Å². The van der Waals surface area contributed by atoms with Gasteiger partial charge in [-0.1, -0.05) is 6.07 Å². The minimum Gasteiger partial charge on any atom is -0.504 e. The van der Waals surface area contributed by atoms with Gasteiger partial charge in [0, 0.05) is 48.9 Å². The van der Waals surface area contributed by atoms with E-state index in [1.807, 2.05) is 31.6 Å². The second-order valence-corrected chi connectivity index (χ2v) is 8.93. The number of aromatic hydroxyl groups is 1. The van der Waals surface area contributed by atoms with E-state index in [2.05, 4.69) is 10.4 Å². The number of hydrogen-bond donors (Lipinski definition) is 3. The number of phenols is 1. The molecule has 0 radical (unpaired) electrons. The van der Waals surface area contributed by atoms with E-state index in [9.17, 15) is 15.0 Å². The predicted molar refractivity (Wildman–Crippen MR) is 143 cm³/mol. The quantitative estimate of drug-likeness (QED) is 0.284. The van der Waals surface area contributed by atoms with Gasteiger partial charge in [0.05, 0.1) is 29.6 Å². The molecule has 9 heteroatoms. The van der Waals surface area contributed by atoms with Gasteiger partial charge >= 0.3 is 0 Å². The van der Waals surface area contributed by atoms with E-state index in [1.54, 1.807) is 54.5 Å². The molecule has 4 rings (SSSR count). The van der Waals surface area contributed by atoms with Gasteiger partial charge in [-0.15, -0.1) is 0 Å². The van der Waals surface area contributed by atoms with Gasteiger partial charge < -0.3 is 25.2 Å². The van der Waals surface area contributed by atoms with Crippen LogP contribution in [0.5, 0.6) is 11.5 Å². The Labute approximate surface area is 216 Å². The summed E-state index contributed by atoms with van der Waals surface area (Å²) < 4.78 is 7.51. The molecule has 0 aliphatic heterocycles. The van der Waals surface area contributed by atoms with Crippen molar-refractivity contribution in [3.8, 4) is 22.8 Å². The highest BCUT2D eigenvalue weighted by atomic mass is 16.5. The normalized spacial score (nSPS) is 11.2. The second-order valence-electron chi connectivity index (χ2n) is 8.93. The summed E-state index contributed by atoms with van der Waals surface area (Å²) in [6.07, 6.45) is 1.80. The maximum atomic E-state index is 13.7. The lowest BCUT2D eigenvalue weighted by atomic mass is 10.0. The molecule has 37 heavy (non-hydrogen) atoms. The van der Waals surface area contributed by atoms with E-state index in [0.717, 1.165) is 17.8 Å². The first-order chi connectivity index (χ1) is 17.9. The highest BCUT2D eigenvalue weighted by Crippen LogP contribution is 2.33. The highest BCUT2D eigenvalue weighted by molar-refractivity contribution is 6.07. The first-order valence-corrected chi connectivity index (χ1v) is 12.3. The first-order valence-electron chi connectivity index (χ1n) is 12.3. The number of nitrogens with one attached hydrogen (secondary N) is 1. The Morgan fingerprint density at radius 3 is 2.68 bits per heavy atom. The van der Waals surface area contributed by atoms with Gasteiger partial charge in [-0.25, -0.2) is 4.98 Å². The molecule has 0 bridgehead atoms. The number of aliphatic hydroxyl groups is 1. The molecule has 2 heterocycles. The number of nitrogens with zero attached hydrogens (tertiary/aromatic N) is 4. The van der Waals surface area contributed by atoms with Crippen molar-refractivity contribution in [1.82, 2.24) is 25.0 Å². The average Bonchev–Trinajstić information content (AvgIpc) is 3.26. The number of aliphatic hydroxyl groups excluding tert-OH is 1. The van der Waals surface area contributed by atoms with Crippen molar-refractivity contribution in [3.63, 3.8) is 0 Å².